The molecule has 0 aliphatic carbocycles. The highest BCUT2D eigenvalue weighted by Gasteiger charge is 2.39. The van der Waals surface area contributed by atoms with E-state index in [0.29, 0.717) is 16.1 Å². The quantitative estimate of drug-likeness (QED) is 0.228. The zero-order chi connectivity index (χ0) is 23.5. The van der Waals surface area contributed by atoms with Crippen molar-refractivity contribution in [1.82, 2.24) is 4.98 Å². The number of nitrogens with zero attached hydrogens (tertiary/aromatic N) is 3. The number of non-ortho nitro benzene ring substituents is 1. The van der Waals surface area contributed by atoms with Crippen LogP contribution in [0.2, 0.25) is 5.02 Å². The summed E-state index contributed by atoms with van der Waals surface area (Å²) < 4.78 is 39.6. The first-order chi connectivity index (χ1) is 15.1. The molecule has 164 valence electrons. The predicted molar refractivity (Wildman–Crippen MR) is 113 cm³/mol. The van der Waals surface area contributed by atoms with Crippen molar-refractivity contribution in [3.05, 3.63) is 96.2 Å². The van der Waals surface area contributed by atoms with Crippen LogP contribution in [0.1, 0.15) is 34.2 Å². The molecule has 1 N–H and O–H groups in total. The standard InChI is InChI=1S/C20H11BrClF3N4O3/c21-16-15(9-26)17(28-19(16)20(23,24)25)18(12-3-5-13(22)6-4-12)32-27-10-11-1-7-14(8-2-11)29(30)31/h1-8,10,18,28H/b27-10+. The van der Waals surface area contributed by atoms with Gasteiger partial charge < -0.3 is 9.82 Å². The highest BCUT2D eigenvalue weighted by molar-refractivity contribution is 9.10. The zero-order valence-corrected chi connectivity index (χ0v) is 18.1. The van der Waals surface area contributed by atoms with Gasteiger partial charge in [0.05, 0.1) is 26.9 Å². The number of benzene rings is 2. The molecule has 32 heavy (non-hydrogen) atoms. The second-order valence-corrected chi connectivity index (χ2v) is 7.56. The van der Waals surface area contributed by atoms with Gasteiger partial charge in [0.1, 0.15) is 11.8 Å². The van der Waals surface area contributed by atoms with Crippen LogP contribution in [0, 0.1) is 21.4 Å². The predicted octanol–water partition coefficient (Wildman–Crippen LogP) is 6.37. The molecule has 0 saturated carbocycles. The fourth-order valence-corrected chi connectivity index (χ4v) is 3.50. The number of hydrogen-bond acceptors (Lipinski definition) is 5. The number of nitro benzene ring substituents is 1. The van der Waals surface area contributed by atoms with Crippen LogP contribution in [0.25, 0.3) is 0 Å². The second-order valence-electron chi connectivity index (χ2n) is 6.33. The molecule has 1 heterocycles. The Hall–Kier alpha value is -3.36. The number of rotatable bonds is 6. The van der Waals surface area contributed by atoms with Crippen LogP contribution in [-0.4, -0.2) is 16.1 Å². The largest absolute Gasteiger partial charge is 0.432 e. The van der Waals surface area contributed by atoms with Crippen molar-refractivity contribution in [2.24, 2.45) is 5.16 Å². The Labute approximate surface area is 192 Å². The van der Waals surface area contributed by atoms with Crippen LogP contribution in [-0.2, 0) is 11.0 Å². The Morgan fingerprint density at radius 1 is 1.22 bits per heavy atom. The van der Waals surface area contributed by atoms with E-state index < -0.39 is 27.4 Å². The summed E-state index contributed by atoms with van der Waals surface area (Å²) in [6.07, 6.45) is -4.71. The van der Waals surface area contributed by atoms with E-state index in [1.54, 1.807) is 6.07 Å². The van der Waals surface area contributed by atoms with Crippen molar-refractivity contribution in [2.45, 2.75) is 12.3 Å². The lowest BCUT2D eigenvalue weighted by Gasteiger charge is -2.15. The van der Waals surface area contributed by atoms with Crippen LogP contribution >= 0.6 is 27.5 Å². The molecule has 1 atom stereocenters. The van der Waals surface area contributed by atoms with Gasteiger partial charge >= 0.3 is 6.18 Å². The fourth-order valence-electron chi connectivity index (χ4n) is 2.75. The Bertz CT molecular complexity index is 1200. The van der Waals surface area contributed by atoms with E-state index in [1.165, 1.54) is 54.7 Å². The van der Waals surface area contributed by atoms with E-state index in [9.17, 15) is 28.5 Å². The maximum Gasteiger partial charge on any atom is 0.432 e. The third-order valence-corrected chi connectivity index (χ3v) is 5.32. The lowest BCUT2D eigenvalue weighted by Crippen LogP contribution is -2.09. The fraction of sp³-hybridized carbons (Fsp3) is 0.100. The molecule has 2 aromatic carbocycles. The number of alkyl halides is 3. The summed E-state index contributed by atoms with van der Waals surface area (Å²) in [5.41, 5.74) is -0.857. The molecule has 3 aromatic rings. The average molecular weight is 528 g/mol. The van der Waals surface area contributed by atoms with Gasteiger partial charge in [0, 0.05) is 22.7 Å². The number of aromatic amines is 1. The minimum absolute atomic E-state index is 0.114. The molecular formula is C20H11BrClF3N4O3. The summed E-state index contributed by atoms with van der Waals surface area (Å²) in [5.74, 6) is 0. The molecule has 3 rings (SSSR count). The van der Waals surface area contributed by atoms with Gasteiger partial charge in [-0.2, -0.15) is 18.4 Å². The first-order valence-corrected chi connectivity index (χ1v) is 9.86. The van der Waals surface area contributed by atoms with E-state index in [-0.39, 0.29) is 16.9 Å². The van der Waals surface area contributed by atoms with Crippen LogP contribution in [0.5, 0.6) is 0 Å². The Morgan fingerprint density at radius 2 is 1.84 bits per heavy atom. The molecule has 0 aliphatic rings. The number of nitro groups is 1. The molecular weight excluding hydrogens is 517 g/mol. The van der Waals surface area contributed by atoms with Crippen molar-refractivity contribution in [3.8, 4) is 6.07 Å². The van der Waals surface area contributed by atoms with E-state index in [2.05, 4.69) is 26.1 Å². The molecule has 1 aromatic heterocycles. The summed E-state index contributed by atoms with van der Waals surface area (Å²) in [4.78, 5) is 17.9. The molecule has 0 aliphatic heterocycles. The number of nitrogens with one attached hydrogen (secondary N) is 1. The number of hydrogen-bond donors (Lipinski definition) is 1. The number of oxime groups is 1. The molecule has 12 heteroatoms. The van der Waals surface area contributed by atoms with Gasteiger partial charge in [-0.05, 0) is 45.8 Å². The summed E-state index contributed by atoms with van der Waals surface area (Å²) >= 11 is 8.72. The third-order valence-electron chi connectivity index (χ3n) is 4.27. The van der Waals surface area contributed by atoms with Crippen molar-refractivity contribution < 1.29 is 22.9 Å². The molecule has 0 saturated heterocycles. The SMILES string of the molecule is N#Cc1c(C(O/N=C/c2ccc([N+](=O)[O-])cc2)c2ccc(Cl)cc2)[nH]c(C(F)(F)F)c1Br. The number of nitriles is 1. The second kappa shape index (κ2) is 9.42. The van der Waals surface area contributed by atoms with Crippen LogP contribution in [0.15, 0.2) is 58.2 Å². The Balaban J connectivity index is 2.00. The van der Waals surface area contributed by atoms with Gasteiger partial charge in [-0.3, -0.25) is 10.1 Å². The van der Waals surface area contributed by atoms with Gasteiger partial charge in [0.25, 0.3) is 5.69 Å². The summed E-state index contributed by atoms with van der Waals surface area (Å²) in [6, 6.07) is 13.2. The van der Waals surface area contributed by atoms with Crippen molar-refractivity contribution in [2.75, 3.05) is 0 Å². The summed E-state index contributed by atoms with van der Waals surface area (Å²) in [5, 5.41) is 24.4. The van der Waals surface area contributed by atoms with Crippen molar-refractivity contribution in [3.63, 3.8) is 0 Å². The summed E-state index contributed by atoms with van der Waals surface area (Å²) in [7, 11) is 0. The Kier molecular flexibility index (Phi) is 6.86. The van der Waals surface area contributed by atoms with E-state index in [0.717, 1.165) is 0 Å². The molecule has 1 unspecified atom stereocenters. The Morgan fingerprint density at radius 3 is 2.38 bits per heavy atom. The molecule has 0 spiro atoms. The monoisotopic (exact) mass is 526 g/mol. The zero-order valence-electron chi connectivity index (χ0n) is 15.7. The lowest BCUT2D eigenvalue weighted by atomic mass is 10.0. The van der Waals surface area contributed by atoms with Crippen LogP contribution in [0.3, 0.4) is 0 Å². The minimum Gasteiger partial charge on any atom is -0.381 e. The topological polar surface area (TPSA) is 104 Å². The average Bonchev–Trinajstić information content (AvgIpc) is 3.08. The number of aromatic nitrogens is 1. The molecule has 0 radical (unpaired) electrons. The molecule has 7 nitrogen and oxygen atoms in total. The first kappa shape index (κ1) is 23.3. The molecule has 0 amide bonds. The van der Waals surface area contributed by atoms with Gasteiger partial charge in [0.15, 0.2) is 6.10 Å². The van der Waals surface area contributed by atoms with Crippen molar-refractivity contribution in [1.29, 1.82) is 5.26 Å². The van der Waals surface area contributed by atoms with Crippen LogP contribution in [0.4, 0.5) is 18.9 Å². The third kappa shape index (κ3) is 5.09. The maximum absolute atomic E-state index is 13.4. The van der Waals surface area contributed by atoms with E-state index in [4.69, 9.17) is 16.4 Å². The number of halogens is 5. The van der Waals surface area contributed by atoms with Crippen LogP contribution < -0.4 is 0 Å². The molecule has 0 fully saturated rings. The smallest absolute Gasteiger partial charge is 0.381 e. The van der Waals surface area contributed by atoms with Crippen molar-refractivity contribution >= 4 is 39.4 Å². The number of H-pyrrole nitrogens is 1. The summed E-state index contributed by atoms with van der Waals surface area (Å²) in [6.45, 7) is 0. The van der Waals surface area contributed by atoms with Gasteiger partial charge in [0.2, 0.25) is 0 Å². The minimum atomic E-state index is -4.74. The van der Waals surface area contributed by atoms with E-state index in [1.807, 2.05) is 0 Å². The van der Waals surface area contributed by atoms with Gasteiger partial charge in [-0.25, -0.2) is 0 Å². The molecule has 0 bridgehead atoms. The maximum atomic E-state index is 13.4. The van der Waals surface area contributed by atoms with Gasteiger partial charge in [-0.1, -0.05) is 28.9 Å². The van der Waals surface area contributed by atoms with E-state index >= 15 is 0 Å². The van der Waals surface area contributed by atoms with Gasteiger partial charge in [-0.15, -0.1) is 0 Å². The highest BCUT2D eigenvalue weighted by atomic mass is 79.9. The lowest BCUT2D eigenvalue weighted by molar-refractivity contribution is -0.384. The normalized spacial score (nSPS) is 12.5. The highest BCUT2D eigenvalue weighted by Crippen LogP contribution is 2.41. The first-order valence-electron chi connectivity index (χ1n) is 8.69.